The van der Waals surface area contributed by atoms with Gasteiger partial charge in [-0.15, -0.1) is 0 Å². The molecule has 0 amide bonds. The van der Waals surface area contributed by atoms with Gasteiger partial charge < -0.3 is 20.3 Å². The molecule has 4 rings (SSSR count). The number of aliphatic carboxylic acids is 1. The fourth-order valence-corrected chi connectivity index (χ4v) is 3.65. The van der Waals surface area contributed by atoms with Crippen LogP contribution >= 0.6 is 0 Å². The van der Waals surface area contributed by atoms with Crippen molar-refractivity contribution in [3.63, 3.8) is 0 Å². The average molecular weight is 437 g/mol. The predicted octanol–water partition coefficient (Wildman–Crippen LogP) is 4.56. The van der Waals surface area contributed by atoms with Gasteiger partial charge in [-0.3, -0.25) is 0 Å². The number of aromatic nitrogens is 1. The first-order valence-corrected chi connectivity index (χ1v) is 9.87. The number of nitrogens with zero attached hydrogens (tertiary/aromatic N) is 1. The van der Waals surface area contributed by atoms with E-state index in [1.54, 1.807) is 12.1 Å². The number of nitrogens with one attached hydrogen (secondary N) is 2. The number of halogens is 4. The Morgan fingerprint density at radius 2 is 1.81 bits per heavy atom. The Morgan fingerprint density at radius 1 is 1.13 bits per heavy atom. The van der Waals surface area contributed by atoms with Gasteiger partial charge >= 0.3 is 12.1 Å². The standard InChI is InChI=1S/C20H22FN3.C2HF3O2/c21-17-7-2-3-8-18(17)23-11-5-13-24-19-9-4-1-6-15(19)16-10-12-22-14-20(16)24;3-2(4,5)1(6)7/h1-4,6-9,22-23H,5,10-14H2;(H,6,7). The highest BCUT2D eigenvalue weighted by molar-refractivity contribution is 5.85. The highest BCUT2D eigenvalue weighted by Gasteiger charge is 2.38. The Hall–Kier alpha value is -3.07. The lowest BCUT2D eigenvalue weighted by Crippen LogP contribution is -2.25. The van der Waals surface area contributed by atoms with Gasteiger partial charge in [0.25, 0.3) is 0 Å². The second kappa shape index (κ2) is 9.82. The minimum atomic E-state index is -5.08. The number of carboxylic acids is 1. The normalized spacial score (nSPS) is 13.3. The van der Waals surface area contributed by atoms with Gasteiger partial charge in [-0.1, -0.05) is 30.3 Å². The zero-order valence-electron chi connectivity index (χ0n) is 16.7. The molecule has 2 aromatic carbocycles. The Morgan fingerprint density at radius 3 is 2.52 bits per heavy atom. The molecule has 0 atom stereocenters. The third-order valence-corrected chi connectivity index (χ3v) is 5.03. The van der Waals surface area contributed by atoms with E-state index < -0.39 is 12.1 Å². The molecule has 31 heavy (non-hydrogen) atoms. The first-order chi connectivity index (χ1) is 14.8. The van der Waals surface area contributed by atoms with Crippen molar-refractivity contribution < 1.29 is 27.5 Å². The van der Waals surface area contributed by atoms with Crippen molar-refractivity contribution >= 4 is 22.6 Å². The van der Waals surface area contributed by atoms with E-state index in [0.29, 0.717) is 5.69 Å². The van der Waals surface area contributed by atoms with Gasteiger partial charge in [0, 0.05) is 36.2 Å². The quantitative estimate of drug-likeness (QED) is 0.404. The Balaban J connectivity index is 0.000000339. The summed E-state index contributed by atoms with van der Waals surface area (Å²) in [7, 11) is 0. The number of fused-ring (bicyclic) bond motifs is 3. The summed E-state index contributed by atoms with van der Waals surface area (Å²) in [5.74, 6) is -2.95. The van der Waals surface area contributed by atoms with Crippen LogP contribution in [0.25, 0.3) is 10.9 Å². The van der Waals surface area contributed by atoms with Crippen molar-refractivity contribution in [2.24, 2.45) is 0 Å². The van der Waals surface area contributed by atoms with Crippen molar-refractivity contribution in [3.8, 4) is 0 Å². The molecule has 0 radical (unpaired) electrons. The van der Waals surface area contributed by atoms with Gasteiger partial charge in [0.2, 0.25) is 0 Å². The molecule has 3 N–H and O–H groups in total. The summed E-state index contributed by atoms with van der Waals surface area (Å²) < 4.78 is 47.8. The first kappa shape index (κ1) is 22.6. The van der Waals surface area contributed by atoms with E-state index in [0.717, 1.165) is 39.0 Å². The summed E-state index contributed by atoms with van der Waals surface area (Å²) in [4.78, 5) is 8.90. The number of carbonyl (C=O) groups is 1. The molecule has 1 aliphatic heterocycles. The first-order valence-electron chi connectivity index (χ1n) is 9.87. The van der Waals surface area contributed by atoms with Crippen molar-refractivity contribution in [2.75, 3.05) is 18.4 Å². The number of anilines is 1. The predicted molar refractivity (Wildman–Crippen MR) is 111 cm³/mol. The SMILES string of the molecule is Fc1ccccc1NCCCn1c2c(c3ccccc31)CCNC2.O=C(O)C(F)(F)F. The number of para-hydroxylation sites is 2. The monoisotopic (exact) mass is 437 g/mol. The van der Waals surface area contributed by atoms with Crippen LogP contribution in [0.3, 0.4) is 0 Å². The molecule has 0 aliphatic carbocycles. The van der Waals surface area contributed by atoms with Crippen molar-refractivity contribution in [2.45, 2.75) is 32.1 Å². The highest BCUT2D eigenvalue weighted by atomic mass is 19.4. The molecule has 166 valence electrons. The van der Waals surface area contributed by atoms with Gasteiger partial charge in [0.1, 0.15) is 5.82 Å². The van der Waals surface area contributed by atoms with Crippen LogP contribution in [0.5, 0.6) is 0 Å². The Labute approximate surface area is 176 Å². The van der Waals surface area contributed by atoms with Crippen molar-refractivity contribution in [1.29, 1.82) is 0 Å². The van der Waals surface area contributed by atoms with Gasteiger partial charge in [-0.25, -0.2) is 9.18 Å². The lowest BCUT2D eigenvalue weighted by molar-refractivity contribution is -0.192. The Bertz CT molecular complexity index is 1050. The van der Waals surface area contributed by atoms with E-state index in [9.17, 15) is 17.6 Å². The minimum absolute atomic E-state index is 0.189. The fourth-order valence-electron chi connectivity index (χ4n) is 3.65. The highest BCUT2D eigenvalue weighted by Crippen LogP contribution is 2.28. The summed E-state index contributed by atoms with van der Waals surface area (Å²) in [5, 5.41) is 15.2. The maximum atomic E-state index is 13.6. The third-order valence-electron chi connectivity index (χ3n) is 5.03. The third kappa shape index (κ3) is 5.55. The molecule has 3 aromatic rings. The van der Waals surface area contributed by atoms with Crippen molar-refractivity contribution in [1.82, 2.24) is 9.88 Å². The van der Waals surface area contributed by atoms with Crippen molar-refractivity contribution in [3.05, 3.63) is 65.6 Å². The lowest BCUT2D eigenvalue weighted by Gasteiger charge is -2.17. The molecule has 9 heteroatoms. The second-order valence-electron chi connectivity index (χ2n) is 7.08. The maximum absolute atomic E-state index is 13.6. The second-order valence-corrected chi connectivity index (χ2v) is 7.08. The molecule has 5 nitrogen and oxygen atoms in total. The van der Waals surface area contributed by atoms with Crippen LogP contribution in [0.1, 0.15) is 17.7 Å². The van der Waals surface area contributed by atoms with E-state index in [1.807, 2.05) is 6.07 Å². The molecule has 0 saturated carbocycles. The maximum Gasteiger partial charge on any atom is 0.490 e. The molecule has 0 unspecified atom stereocenters. The lowest BCUT2D eigenvalue weighted by atomic mass is 10.1. The number of hydrogen-bond acceptors (Lipinski definition) is 3. The molecular formula is C22H23F4N3O2. The molecule has 1 aromatic heterocycles. The van der Waals surface area contributed by atoms with Gasteiger partial charge in [0.05, 0.1) is 5.69 Å². The minimum Gasteiger partial charge on any atom is -0.475 e. The smallest absolute Gasteiger partial charge is 0.475 e. The summed E-state index contributed by atoms with van der Waals surface area (Å²) in [5.41, 5.74) is 4.80. The van der Waals surface area contributed by atoms with Crippen LogP contribution in [-0.4, -0.2) is 34.9 Å². The number of benzene rings is 2. The largest absolute Gasteiger partial charge is 0.490 e. The summed E-state index contributed by atoms with van der Waals surface area (Å²) in [6.45, 7) is 3.69. The number of carboxylic acid groups (broad SMARTS) is 1. The Kier molecular flexibility index (Phi) is 7.17. The molecule has 0 spiro atoms. The van der Waals surface area contributed by atoms with E-state index in [4.69, 9.17) is 9.90 Å². The molecular weight excluding hydrogens is 414 g/mol. The average Bonchev–Trinajstić information content (AvgIpc) is 3.06. The van der Waals surface area contributed by atoms with Gasteiger partial charge in [0.15, 0.2) is 0 Å². The summed E-state index contributed by atoms with van der Waals surface area (Å²) in [6, 6.07) is 15.5. The molecule has 0 saturated heterocycles. The van der Waals surface area contributed by atoms with Crippen LogP contribution < -0.4 is 10.6 Å². The number of hydrogen-bond donors (Lipinski definition) is 3. The van der Waals surface area contributed by atoms with E-state index in [1.165, 1.54) is 28.2 Å². The zero-order valence-corrected chi connectivity index (χ0v) is 16.7. The summed E-state index contributed by atoms with van der Waals surface area (Å²) in [6.07, 6.45) is -3.03. The van der Waals surface area contributed by atoms with Crippen LogP contribution in [0.2, 0.25) is 0 Å². The zero-order chi connectivity index (χ0) is 22.4. The topological polar surface area (TPSA) is 66.3 Å². The van der Waals surface area contributed by atoms with Crippen LogP contribution in [0.15, 0.2) is 48.5 Å². The van der Waals surface area contributed by atoms with E-state index >= 15 is 0 Å². The van der Waals surface area contributed by atoms with E-state index in [2.05, 4.69) is 39.5 Å². The van der Waals surface area contributed by atoms with Crippen LogP contribution in [0, 0.1) is 5.82 Å². The fraction of sp³-hybridized carbons (Fsp3) is 0.318. The number of aryl methyl sites for hydroxylation is 1. The van der Waals surface area contributed by atoms with Gasteiger partial charge in [-0.2, -0.15) is 13.2 Å². The van der Waals surface area contributed by atoms with Crippen LogP contribution in [-0.2, 0) is 24.3 Å². The van der Waals surface area contributed by atoms with Gasteiger partial charge in [-0.05, 0) is 43.1 Å². The molecule has 1 aliphatic rings. The molecule has 0 fully saturated rings. The summed E-state index contributed by atoms with van der Waals surface area (Å²) >= 11 is 0. The van der Waals surface area contributed by atoms with E-state index in [-0.39, 0.29) is 5.82 Å². The number of alkyl halides is 3. The van der Waals surface area contributed by atoms with Crippen LogP contribution in [0.4, 0.5) is 23.2 Å². The number of rotatable bonds is 5. The molecule has 0 bridgehead atoms. The molecule has 2 heterocycles.